The van der Waals surface area contributed by atoms with Gasteiger partial charge >= 0.3 is 0 Å². The lowest BCUT2D eigenvalue weighted by atomic mass is 9.98. The average Bonchev–Trinajstić information content (AvgIpc) is 2.22. The van der Waals surface area contributed by atoms with Crippen molar-refractivity contribution in [2.75, 3.05) is 18.9 Å². The van der Waals surface area contributed by atoms with Crippen molar-refractivity contribution >= 4 is 28.0 Å². The molecule has 1 aromatic carbocycles. The van der Waals surface area contributed by atoms with E-state index in [1.165, 1.54) is 11.1 Å². The number of benzene rings is 1. The first-order valence-corrected chi connectivity index (χ1v) is 5.70. The number of likely N-dealkylation sites (N-methyl/N-ethyl adjacent to an activating group) is 1. The van der Waals surface area contributed by atoms with Gasteiger partial charge in [-0.05, 0) is 36.7 Å². The molecule has 1 aliphatic rings. The Morgan fingerprint density at radius 2 is 2.27 bits per heavy atom. The van der Waals surface area contributed by atoms with Gasteiger partial charge in [-0.3, -0.25) is 4.79 Å². The second-order valence-electron chi connectivity index (χ2n) is 3.80. The quantitative estimate of drug-likeness (QED) is 0.833. The monoisotopic (exact) mass is 268 g/mol. The van der Waals surface area contributed by atoms with Crippen LogP contribution in [0.1, 0.15) is 11.1 Å². The van der Waals surface area contributed by atoms with E-state index >= 15 is 0 Å². The zero-order chi connectivity index (χ0) is 10.8. The third kappa shape index (κ3) is 2.06. The summed E-state index contributed by atoms with van der Waals surface area (Å²) in [6, 6.07) is 3.94. The van der Waals surface area contributed by atoms with E-state index in [0.29, 0.717) is 0 Å². The highest BCUT2D eigenvalue weighted by Gasteiger charge is 2.18. The van der Waals surface area contributed by atoms with E-state index in [1.54, 1.807) is 0 Å². The molecule has 0 saturated carbocycles. The highest BCUT2D eigenvalue weighted by molar-refractivity contribution is 9.10. The van der Waals surface area contributed by atoms with E-state index in [-0.39, 0.29) is 0 Å². The molecule has 3 nitrogen and oxygen atoms in total. The molecule has 0 aliphatic carbocycles. The Hall–Kier alpha value is -0.870. The summed E-state index contributed by atoms with van der Waals surface area (Å²) in [4.78, 5) is 12.7. The Morgan fingerprint density at radius 3 is 3.00 bits per heavy atom. The SMILES string of the molecule is CN1CCc2c(Br)ccc(NC=O)c2C1. The first-order valence-electron chi connectivity index (χ1n) is 4.91. The molecule has 0 aromatic heterocycles. The molecule has 1 heterocycles. The molecule has 0 unspecified atom stereocenters. The van der Waals surface area contributed by atoms with Crippen molar-refractivity contribution < 1.29 is 4.79 Å². The lowest BCUT2D eigenvalue weighted by molar-refractivity contribution is -0.105. The van der Waals surface area contributed by atoms with Gasteiger partial charge in [0.1, 0.15) is 0 Å². The minimum Gasteiger partial charge on any atom is -0.328 e. The van der Waals surface area contributed by atoms with Crippen LogP contribution in [0.15, 0.2) is 16.6 Å². The molecule has 1 aliphatic heterocycles. The van der Waals surface area contributed by atoms with Gasteiger partial charge in [-0.2, -0.15) is 0 Å². The van der Waals surface area contributed by atoms with E-state index in [2.05, 4.69) is 33.2 Å². The molecule has 0 spiro atoms. The highest BCUT2D eigenvalue weighted by atomic mass is 79.9. The second-order valence-corrected chi connectivity index (χ2v) is 4.66. The van der Waals surface area contributed by atoms with Gasteiger partial charge in [0.2, 0.25) is 6.41 Å². The zero-order valence-electron chi connectivity index (χ0n) is 8.59. The Labute approximate surface area is 97.6 Å². The van der Waals surface area contributed by atoms with Crippen LogP contribution < -0.4 is 5.32 Å². The molecule has 0 radical (unpaired) electrons. The van der Waals surface area contributed by atoms with Crippen LogP contribution in [0.5, 0.6) is 0 Å². The number of amides is 1. The number of hydrogen-bond donors (Lipinski definition) is 1. The smallest absolute Gasteiger partial charge is 0.211 e. The molecule has 2 rings (SSSR count). The number of nitrogens with zero attached hydrogens (tertiary/aromatic N) is 1. The van der Waals surface area contributed by atoms with Crippen LogP contribution in [0.25, 0.3) is 0 Å². The number of halogens is 1. The van der Waals surface area contributed by atoms with Crippen LogP contribution >= 0.6 is 15.9 Å². The van der Waals surface area contributed by atoms with Crippen LogP contribution in [-0.2, 0) is 17.8 Å². The molecule has 1 aromatic rings. The van der Waals surface area contributed by atoms with Crippen molar-refractivity contribution in [2.45, 2.75) is 13.0 Å². The maximum Gasteiger partial charge on any atom is 0.211 e. The van der Waals surface area contributed by atoms with Crippen molar-refractivity contribution in [1.29, 1.82) is 0 Å². The van der Waals surface area contributed by atoms with Crippen LogP contribution in [0.3, 0.4) is 0 Å². The van der Waals surface area contributed by atoms with Crippen molar-refractivity contribution in [1.82, 2.24) is 4.90 Å². The summed E-state index contributed by atoms with van der Waals surface area (Å²) < 4.78 is 1.14. The number of nitrogens with one attached hydrogen (secondary N) is 1. The predicted octanol–water partition coefficient (Wildman–Crippen LogP) is 2.01. The van der Waals surface area contributed by atoms with Crippen LogP contribution in [0.4, 0.5) is 5.69 Å². The van der Waals surface area contributed by atoms with Gasteiger partial charge in [0, 0.05) is 23.2 Å². The molecule has 1 amide bonds. The van der Waals surface area contributed by atoms with Crippen molar-refractivity contribution in [3.63, 3.8) is 0 Å². The van der Waals surface area contributed by atoms with Gasteiger partial charge in [-0.1, -0.05) is 15.9 Å². The number of anilines is 1. The Kier molecular flexibility index (Phi) is 3.07. The molecule has 0 bridgehead atoms. The predicted molar refractivity (Wildman–Crippen MR) is 63.9 cm³/mol. The lowest BCUT2D eigenvalue weighted by Crippen LogP contribution is -2.27. The summed E-state index contributed by atoms with van der Waals surface area (Å²) in [6.07, 6.45) is 1.76. The maximum atomic E-state index is 10.5. The molecule has 15 heavy (non-hydrogen) atoms. The number of carbonyl (C=O) groups is 1. The minimum absolute atomic E-state index is 0.734. The standard InChI is InChI=1S/C11H13BrN2O/c1-14-5-4-8-9(6-14)11(13-7-15)3-2-10(8)12/h2-3,7H,4-6H2,1H3,(H,13,15). The first-order chi connectivity index (χ1) is 7.22. The summed E-state index contributed by atoms with van der Waals surface area (Å²) >= 11 is 3.55. The number of hydrogen-bond acceptors (Lipinski definition) is 2. The molecule has 0 saturated heterocycles. The fraction of sp³-hybridized carbons (Fsp3) is 0.364. The average molecular weight is 269 g/mol. The van der Waals surface area contributed by atoms with Gasteiger partial charge in [0.05, 0.1) is 0 Å². The van der Waals surface area contributed by atoms with E-state index in [9.17, 15) is 4.79 Å². The summed E-state index contributed by atoms with van der Waals surface area (Å²) in [5, 5.41) is 2.76. The Morgan fingerprint density at radius 1 is 1.47 bits per heavy atom. The van der Waals surface area contributed by atoms with E-state index in [0.717, 1.165) is 36.1 Å². The van der Waals surface area contributed by atoms with E-state index < -0.39 is 0 Å². The first kappa shape index (κ1) is 10.6. The van der Waals surface area contributed by atoms with Crippen molar-refractivity contribution in [3.8, 4) is 0 Å². The van der Waals surface area contributed by atoms with E-state index in [4.69, 9.17) is 0 Å². The van der Waals surface area contributed by atoms with Gasteiger partial charge in [-0.15, -0.1) is 0 Å². The summed E-state index contributed by atoms with van der Waals surface area (Å²) in [6.45, 7) is 1.96. The largest absolute Gasteiger partial charge is 0.328 e. The number of fused-ring (bicyclic) bond motifs is 1. The van der Waals surface area contributed by atoms with Crippen LogP contribution in [0, 0.1) is 0 Å². The summed E-state index contributed by atoms with van der Waals surface area (Å²) in [7, 11) is 2.09. The summed E-state index contributed by atoms with van der Waals surface area (Å²) in [5.74, 6) is 0. The fourth-order valence-electron chi connectivity index (χ4n) is 1.97. The lowest BCUT2D eigenvalue weighted by Gasteiger charge is -2.27. The topological polar surface area (TPSA) is 32.3 Å². The number of carbonyl (C=O) groups excluding carboxylic acids is 1. The molecule has 1 N–H and O–H groups in total. The van der Waals surface area contributed by atoms with Gasteiger partial charge in [-0.25, -0.2) is 0 Å². The Bertz CT molecular complexity index is 392. The summed E-state index contributed by atoms with van der Waals surface area (Å²) in [5.41, 5.74) is 3.47. The zero-order valence-corrected chi connectivity index (χ0v) is 10.2. The van der Waals surface area contributed by atoms with Gasteiger partial charge in [0.25, 0.3) is 0 Å². The maximum absolute atomic E-state index is 10.5. The molecular formula is C11H13BrN2O. The van der Waals surface area contributed by atoms with E-state index in [1.807, 2.05) is 12.1 Å². The molecular weight excluding hydrogens is 256 g/mol. The highest BCUT2D eigenvalue weighted by Crippen LogP contribution is 2.31. The molecule has 0 atom stereocenters. The fourth-order valence-corrected chi connectivity index (χ4v) is 2.54. The number of rotatable bonds is 2. The van der Waals surface area contributed by atoms with Gasteiger partial charge < -0.3 is 10.2 Å². The van der Waals surface area contributed by atoms with Crippen molar-refractivity contribution in [2.24, 2.45) is 0 Å². The van der Waals surface area contributed by atoms with Crippen molar-refractivity contribution in [3.05, 3.63) is 27.7 Å². The van der Waals surface area contributed by atoms with Gasteiger partial charge in [0.15, 0.2) is 0 Å². The van der Waals surface area contributed by atoms with Crippen LogP contribution in [0.2, 0.25) is 0 Å². The van der Waals surface area contributed by atoms with Crippen LogP contribution in [-0.4, -0.2) is 24.9 Å². The normalized spacial score (nSPS) is 15.9. The third-order valence-electron chi connectivity index (χ3n) is 2.76. The third-order valence-corrected chi connectivity index (χ3v) is 3.50. The molecule has 4 heteroatoms. The Balaban J connectivity index is 2.46. The molecule has 0 fully saturated rings. The molecule has 80 valence electrons. The minimum atomic E-state index is 0.734. The second kappa shape index (κ2) is 4.33.